The van der Waals surface area contributed by atoms with Crippen molar-refractivity contribution in [3.63, 3.8) is 0 Å². The maximum atomic E-state index is 13.0. The third kappa shape index (κ3) is 3.25. The molecule has 0 saturated heterocycles. The molecule has 0 atom stereocenters. The van der Waals surface area contributed by atoms with Crippen molar-refractivity contribution in [1.29, 1.82) is 5.26 Å². The van der Waals surface area contributed by atoms with Gasteiger partial charge in [0.05, 0.1) is 29.4 Å². The lowest BCUT2D eigenvalue weighted by Crippen LogP contribution is -2.17. The number of nitrogens with zero attached hydrogens (tertiary/aromatic N) is 1. The van der Waals surface area contributed by atoms with E-state index in [0.29, 0.717) is 12.0 Å². The second-order valence-corrected chi connectivity index (χ2v) is 3.75. The van der Waals surface area contributed by atoms with Crippen molar-refractivity contribution in [2.24, 2.45) is 0 Å². The number of alkyl halides is 3. The lowest BCUT2D eigenvalue weighted by Gasteiger charge is -2.15. The van der Waals surface area contributed by atoms with Crippen LogP contribution in [0, 0.1) is 11.3 Å². The van der Waals surface area contributed by atoms with E-state index in [1.165, 1.54) is 13.0 Å². The number of carbonyl (C=O) groups excluding carboxylic acids is 1. The van der Waals surface area contributed by atoms with E-state index in [4.69, 9.17) is 5.26 Å². The summed E-state index contributed by atoms with van der Waals surface area (Å²) >= 11 is 0. The molecule has 0 spiro atoms. The molecule has 0 amide bonds. The molecule has 0 aliphatic carbocycles. The van der Waals surface area contributed by atoms with Crippen molar-refractivity contribution in [3.05, 3.63) is 34.4 Å². The fraction of sp³-hybridized carbons (Fsp3) is 0.385. The van der Waals surface area contributed by atoms with Gasteiger partial charge in [0.15, 0.2) is 0 Å². The van der Waals surface area contributed by atoms with E-state index in [-0.39, 0.29) is 6.61 Å². The Balaban J connectivity index is 3.57. The molecule has 102 valence electrons. The van der Waals surface area contributed by atoms with Gasteiger partial charge in [-0.2, -0.15) is 18.4 Å². The number of nitriles is 1. The summed E-state index contributed by atoms with van der Waals surface area (Å²) in [7, 11) is 0. The lowest BCUT2D eigenvalue weighted by atomic mass is 9.96. The Bertz CT molecular complexity index is 530. The van der Waals surface area contributed by atoms with Gasteiger partial charge in [-0.25, -0.2) is 4.79 Å². The number of rotatable bonds is 3. The van der Waals surface area contributed by atoms with Gasteiger partial charge in [0, 0.05) is 0 Å². The molecular weight excluding hydrogens is 259 g/mol. The summed E-state index contributed by atoms with van der Waals surface area (Å²) in [5, 5.41) is 8.84. The van der Waals surface area contributed by atoms with Gasteiger partial charge in [-0.05, 0) is 31.0 Å². The van der Waals surface area contributed by atoms with Crippen molar-refractivity contribution in [3.8, 4) is 6.07 Å². The van der Waals surface area contributed by atoms with Gasteiger partial charge in [0.25, 0.3) is 0 Å². The van der Waals surface area contributed by atoms with E-state index in [1.807, 2.05) is 0 Å². The number of hydrogen-bond donors (Lipinski definition) is 0. The number of benzene rings is 1. The van der Waals surface area contributed by atoms with Crippen LogP contribution in [0.1, 0.15) is 40.9 Å². The number of hydrogen-bond acceptors (Lipinski definition) is 3. The van der Waals surface area contributed by atoms with Crippen LogP contribution in [0.25, 0.3) is 0 Å². The van der Waals surface area contributed by atoms with Crippen LogP contribution in [0.5, 0.6) is 0 Å². The second-order valence-electron chi connectivity index (χ2n) is 3.75. The quantitative estimate of drug-likeness (QED) is 0.792. The van der Waals surface area contributed by atoms with Crippen LogP contribution in [0.15, 0.2) is 12.1 Å². The Morgan fingerprint density at radius 3 is 2.42 bits per heavy atom. The average Bonchev–Trinajstić information content (AvgIpc) is 2.36. The van der Waals surface area contributed by atoms with E-state index in [2.05, 4.69) is 4.74 Å². The minimum absolute atomic E-state index is 0.0334. The number of aryl methyl sites for hydroxylation is 1. The summed E-state index contributed by atoms with van der Waals surface area (Å²) in [6, 6.07) is 3.76. The minimum Gasteiger partial charge on any atom is -0.462 e. The fourth-order valence-corrected chi connectivity index (χ4v) is 1.67. The molecule has 1 rings (SSSR count). The molecule has 19 heavy (non-hydrogen) atoms. The Labute approximate surface area is 108 Å². The minimum atomic E-state index is -4.78. The third-order valence-electron chi connectivity index (χ3n) is 2.51. The second kappa shape index (κ2) is 5.74. The smallest absolute Gasteiger partial charge is 0.418 e. The van der Waals surface area contributed by atoms with E-state index < -0.39 is 28.8 Å². The summed E-state index contributed by atoms with van der Waals surface area (Å²) in [6.07, 6.45) is -4.36. The molecule has 0 aliphatic rings. The molecule has 0 fully saturated rings. The topological polar surface area (TPSA) is 50.1 Å². The van der Waals surface area contributed by atoms with Crippen molar-refractivity contribution in [2.45, 2.75) is 26.4 Å². The summed E-state index contributed by atoms with van der Waals surface area (Å²) in [6.45, 7) is 3.19. The SMILES string of the molecule is CCOC(=O)c1cc(CC)cc(C#N)c1C(F)(F)F. The Morgan fingerprint density at radius 1 is 1.37 bits per heavy atom. The molecule has 0 bridgehead atoms. The molecule has 0 N–H and O–H groups in total. The summed E-state index contributed by atoms with van der Waals surface area (Å²) in [5.74, 6) is -1.07. The molecule has 0 heterocycles. The Hall–Kier alpha value is -2.03. The molecule has 1 aromatic carbocycles. The third-order valence-corrected chi connectivity index (χ3v) is 2.51. The fourth-order valence-electron chi connectivity index (χ4n) is 1.67. The Morgan fingerprint density at radius 2 is 2.00 bits per heavy atom. The highest BCUT2D eigenvalue weighted by molar-refractivity contribution is 5.92. The first kappa shape index (κ1) is 15.0. The van der Waals surface area contributed by atoms with Crippen LogP contribution in [-0.2, 0) is 17.3 Å². The molecule has 0 aromatic heterocycles. The monoisotopic (exact) mass is 271 g/mol. The normalized spacial score (nSPS) is 10.9. The average molecular weight is 271 g/mol. The zero-order valence-corrected chi connectivity index (χ0v) is 10.5. The predicted molar refractivity (Wildman–Crippen MR) is 61.5 cm³/mol. The molecule has 1 aromatic rings. The molecule has 0 unspecified atom stereocenters. The first-order valence-electron chi connectivity index (χ1n) is 5.66. The van der Waals surface area contributed by atoms with E-state index in [1.54, 1.807) is 6.92 Å². The van der Waals surface area contributed by atoms with Crippen LogP contribution in [0.3, 0.4) is 0 Å². The van der Waals surface area contributed by atoms with Crippen molar-refractivity contribution in [1.82, 2.24) is 0 Å². The van der Waals surface area contributed by atoms with Gasteiger partial charge in [-0.1, -0.05) is 6.92 Å². The number of esters is 1. The number of halogens is 3. The van der Waals surface area contributed by atoms with Crippen molar-refractivity contribution < 1.29 is 22.7 Å². The van der Waals surface area contributed by atoms with Gasteiger partial charge in [-0.3, -0.25) is 0 Å². The van der Waals surface area contributed by atoms with Gasteiger partial charge in [-0.15, -0.1) is 0 Å². The van der Waals surface area contributed by atoms with Gasteiger partial charge >= 0.3 is 12.1 Å². The zero-order valence-electron chi connectivity index (χ0n) is 10.5. The molecule has 6 heteroatoms. The first-order valence-corrected chi connectivity index (χ1v) is 5.66. The molecule has 0 saturated carbocycles. The molecule has 0 aliphatic heterocycles. The standard InChI is InChI=1S/C13H12F3NO2/c1-3-8-5-9(7-17)11(13(14,15)16)10(6-8)12(18)19-4-2/h5-6H,3-4H2,1-2H3. The highest BCUT2D eigenvalue weighted by atomic mass is 19.4. The summed E-state index contributed by atoms with van der Waals surface area (Å²) in [5.41, 5.74) is -1.92. The zero-order chi connectivity index (χ0) is 14.6. The van der Waals surface area contributed by atoms with Crippen LogP contribution in [0.4, 0.5) is 13.2 Å². The van der Waals surface area contributed by atoms with Gasteiger partial charge in [0.1, 0.15) is 0 Å². The maximum Gasteiger partial charge on any atom is 0.418 e. The Kier molecular flexibility index (Phi) is 4.54. The van der Waals surface area contributed by atoms with Gasteiger partial charge < -0.3 is 4.74 Å². The lowest BCUT2D eigenvalue weighted by molar-refractivity contribution is -0.138. The van der Waals surface area contributed by atoms with Crippen molar-refractivity contribution in [2.75, 3.05) is 6.61 Å². The number of ether oxygens (including phenoxy) is 1. The van der Waals surface area contributed by atoms with Crippen LogP contribution in [0.2, 0.25) is 0 Å². The van der Waals surface area contributed by atoms with E-state index in [0.717, 1.165) is 12.1 Å². The van der Waals surface area contributed by atoms with Crippen LogP contribution < -0.4 is 0 Å². The molecule has 3 nitrogen and oxygen atoms in total. The van der Waals surface area contributed by atoms with Crippen LogP contribution in [-0.4, -0.2) is 12.6 Å². The predicted octanol–water partition coefficient (Wildman–Crippen LogP) is 3.32. The van der Waals surface area contributed by atoms with Gasteiger partial charge in [0.2, 0.25) is 0 Å². The maximum absolute atomic E-state index is 13.0. The highest BCUT2D eigenvalue weighted by Gasteiger charge is 2.39. The van der Waals surface area contributed by atoms with Crippen molar-refractivity contribution >= 4 is 5.97 Å². The first-order chi connectivity index (χ1) is 8.85. The van der Waals surface area contributed by atoms with Crippen LogP contribution >= 0.6 is 0 Å². The molecule has 0 radical (unpaired) electrons. The largest absolute Gasteiger partial charge is 0.462 e. The number of carbonyl (C=O) groups is 1. The molecular formula is C13H12F3NO2. The van der Waals surface area contributed by atoms with E-state index in [9.17, 15) is 18.0 Å². The van der Waals surface area contributed by atoms with E-state index >= 15 is 0 Å². The summed E-state index contributed by atoms with van der Waals surface area (Å²) < 4.78 is 43.5. The highest BCUT2D eigenvalue weighted by Crippen LogP contribution is 2.35. The summed E-state index contributed by atoms with van der Waals surface area (Å²) in [4.78, 5) is 11.6.